The molecule has 3 aromatic carbocycles. The third-order valence-corrected chi connectivity index (χ3v) is 5.98. The molecule has 9 heteroatoms. The van der Waals surface area contributed by atoms with Crippen LogP contribution in [0, 0.1) is 5.82 Å². The van der Waals surface area contributed by atoms with Crippen molar-refractivity contribution in [1.29, 1.82) is 0 Å². The molecule has 0 aliphatic heterocycles. The Balaban J connectivity index is 1.76. The predicted molar refractivity (Wildman–Crippen MR) is 132 cm³/mol. The lowest BCUT2D eigenvalue weighted by molar-refractivity contribution is 0.414. The molecule has 35 heavy (non-hydrogen) atoms. The zero-order chi connectivity index (χ0) is 24.5. The highest BCUT2D eigenvalue weighted by Gasteiger charge is 2.20. The average molecular weight is 491 g/mol. The summed E-state index contributed by atoms with van der Waals surface area (Å²) in [5.74, 6) is 0.179. The summed E-state index contributed by atoms with van der Waals surface area (Å²) in [4.78, 5) is 31.6. The Kier molecular flexibility index (Phi) is 5.96. The molecule has 0 saturated heterocycles. The molecular formula is C26H20ClFN4O3. The third-order valence-electron chi connectivity index (χ3n) is 5.74. The van der Waals surface area contributed by atoms with Crippen LogP contribution in [0.25, 0.3) is 16.9 Å². The SMILES string of the molecule is COc1cccc(Cn2cnc3c2c(=O)n(Cc2ccccc2F)c(=O)n3-c2cccc(Cl)c2)c1. The summed E-state index contributed by atoms with van der Waals surface area (Å²) in [6, 6.07) is 20.2. The maximum Gasteiger partial charge on any atom is 0.337 e. The van der Waals surface area contributed by atoms with E-state index >= 15 is 0 Å². The van der Waals surface area contributed by atoms with Crippen LogP contribution in [0.15, 0.2) is 88.7 Å². The van der Waals surface area contributed by atoms with Gasteiger partial charge in [-0.3, -0.25) is 9.36 Å². The second-order valence-corrected chi connectivity index (χ2v) is 8.41. The van der Waals surface area contributed by atoms with Gasteiger partial charge in [-0.25, -0.2) is 18.7 Å². The second-order valence-electron chi connectivity index (χ2n) is 7.98. The van der Waals surface area contributed by atoms with Gasteiger partial charge in [0.1, 0.15) is 11.6 Å². The first-order chi connectivity index (χ1) is 17.0. The lowest BCUT2D eigenvalue weighted by Gasteiger charge is -2.13. The number of hydrogen-bond acceptors (Lipinski definition) is 4. The maximum atomic E-state index is 14.4. The van der Waals surface area contributed by atoms with Crippen molar-refractivity contribution in [2.75, 3.05) is 7.11 Å². The zero-order valence-corrected chi connectivity index (χ0v) is 19.4. The predicted octanol–water partition coefficient (Wildman–Crippen LogP) is 4.25. The van der Waals surface area contributed by atoms with E-state index in [2.05, 4.69) is 4.98 Å². The molecule has 0 radical (unpaired) electrons. The van der Waals surface area contributed by atoms with Crippen molar-refractivity contribution in [3.8, 4) is 11.4 Å². The highest BCUT2D eigenvalue weighted by molar-refractivity contribution is 6.30. The minimum Gasteiger partial charge on any atom is -0.497 e. The normalized spacial score (nSPS) is 11.2. The number of methoxy groups -OCH3 is 1. The molecule has 0 N–H and O–H groups in total. The molecule has 5 aromatic rings. The molecule has 0 aliphatic rings. The van der Waals surface area contributed by atoms with Gasteiger partial charge in [0, 0.05) is 17.1 Å². The molecule has 2 heterocycles. The Labute approximate surface area is 204 Å². The zero-order valence-electron chi connectivity index (χ0n) is 18.7. The first-order valence-electron chi connectivity index (χ1n) is 10.8. The fraction of sp³-hybridized carbons (Fsp3) is 0.115. The van der Waals surface area contributed by atoms with Crippen molar-refractivity contribution >= 4 is 22.8 Å². The minimum atomic E-state index is -0.639. The van der Waals surface area contributed by atoms with E-state index in [9.17, 15) is 14.0 Å². The van der Waals surface area contributed by atoms with E-state index in [4.69, 9.17) is 16.3 Å². The highest BCUT2D eigenvalue weighted by Crippen LogP contribution is 2.19. The highest BCUT2D eigenvalue weighted by atomic mass is 35.5. The first-order valence-corrected chi connectivity index (χ1v) is 11.2. The molecule has 0 atom stereocenters. The molecule has 5 rings (SSSR count). The van der Waals surface area contributed by atoms with Crippen LogP contribution >= 0.6 is 11.6 Å². The largest absolute Gasteiger partial charge is 0.497 e. The third kappa shape index (κ3) is 4.24. The van der Waals surface area contributed by atoms with Gasteiger partial charge in [0.15, 0.2) is 11.2 Å². The van der Waals surface area contributed by atoms with Crippen LogP contribution in [0.2, 0.25) is 5.02 Å². The Hall–Kier alpha value is -4.17. The summed E-state index contributed by atoms with van der Waals surface area (Å²) in [7, 11) is 1.58. The number of benzene rings is 3. The van der Waals surface area contributed by atoms with Gasteiger partial charge in [0.25, 0.3) is 5.56 Å². The number of imidazole rings is 1. The van der Waals surface area contributed by atoms with Gasteiger partial charge in [-0.05, 0) is 42.0 Å². The molecule has 7 nitrogen and oxygen atoms in total. The number of nitrogens with zero attached hydrogens (tertiary/aromatic N) is 4. The summed E-state index contributed by atoms with van der Waals surface area (Å²) < 4.78 is 23.8. The van der Waals surface area contributed by atoms with Gasteiger partial charge in [-0.1, -0.05) is 48.0 Å². The quantitative estimate of drug-likeness (QED) is 0.357. The molecule has 176 valence electrons. The Morgan fingerprint density at radius 3 is 2.54 bits per heavy atom. The van der Waals surface area contributed by atoms with Crippen molar-refractivity contribution in [3.05, 3.63) is 122 Å². The Morgan fingerprint density at radius 1 is 0.971 bits per heavy atom. The first kappa shape index (κ1) is 22.6. The lowest BCUT2D eigenvalue weighted by Crippen LogP contribution is -2.40. The van der Waals surface area contributed by atoms with Crippen LogP contribution < -0.4 is 16.0 Å². The summed E-state index contributed by atoms with van der Waals surface area (Å²) in [6.07, 6.45) is 1.51. The Morgan fingerprint density at radius 2 is 1.77 bits per heavy atom. The van der Waals surface area contributed by atoms with Crippen LogP contribution in [0.5, 0.6) is 5.75 Å². The molecule has 0 spiro atoms. The second kappa shape index (κ2) is 9.23. The number of aromatic nitrogens is 4. The van der Waals surface area contributed by atoms with Crippen LogP contribution in [0.1, 0.15) is 11.1 Å². The van der Waals surface area contributed by atoms with Gasteiger partial charge in [-0.2, -0.15) is 0 Å². The fourth-order valence-electron chi connectivity index (χ4n) is 4.05. The van der Waals surface area contributed by atoms with Crippen LogP contribution in [-0.4, -0.2) is 25.8 Å². The smallest absolute Gasteiger partial charge is 0.337 e. The summed E-state index contributed by atoms with van der Waals surface area (Å²) in [5.41, 5.74) is 0.749. The standard InChI is InChI=1S/C26H20ClFN4O3/c1-35-21-10-4-6-17(12-21)14-30-16-29-24-23(30)25(33)31(15-18-7-2-3-11-22(18)28)26(34)32(24)20-9-5-8-19(27)13-20/h2-13,16H,14-15H2,1H3. The molecule has 0 amide bonds. The topological polar surface area (TPSA) is 71.1 Å². The minimum absolute atomic E-state index is 0.190. The number of halogens is 2. The van der Waals surface area contributed by atoms with Crippen LogP contribution in [0.4, 0.5) is 4.39 Å². The van der Waals surface area contributed by atoms with E-state index in [1.165, 1.54) is 17.0 Å². The van der Waals surface area contributed by atoms with E-state index in [1.54, 1.807) is 54.1 Å². The van der Waals surface area contributed by atoms with E-state index < -0.39 is 17.1 Å². The van der Waals surface area contributed by atoms with Crippen LogP contribution in [0.3, 0.4) is 0 Å². The number of ether oxygens (including phenoxy) is 1. The molecule has 2 aromatic heterocycles. The number of rotatable bonds is 6. The van der Waals surface area contributed by atoms with E-state index in [1.807, 2.05) is 24.3 Å². The molecular weight excluding hydrogens is 471 g/mol. The van der Waals surface area contributed by atoms with Crippen LogP contribution in [-0.2, 0) is 13.1 Å². The van der Waals surface area contributed by atoms with Crippen molar-refractivity contribution in [2.24, 2.45) is 0 Å². The molecule has 0 fully saturated rings. The van der Waals surface area contributed by atoms with E-state index in [0.717, 1.165) is 10.1 Å². The maximum absolute atomic E-state index is 14.4. The van der Waals surface area contributed by atoms with Crippen molar-refractivity contribution in [3.63, 3.8) is 0 Å². The van der Waals surface area contributed by atoms with Gasteiger partial charge >= 0.3 is 5.69 Å². The van der Waals surface area contributed by atoms with Crippen molar-refractivity contribution < 1.29 is 9.13 Å². The molecule has 0 aliphatic carbocycles. The average Bonchev–Trinajstić information content (AvgIpc) is 3.26. The molecule has 0 unspecified atom stereocenters. The van der Waals surface area contributed by atoms with E-state index in [-0.39, 0.29) is 23.3 Å². The van der Waals surface area contributed by atoms with Gasteiger partial charge in [-0.15, -0.1) is 0 Å². The lowest BCUT2D eigenvalue weighted by atomic mass is 10.2. The number of fused-ring (bicyclic) bond motifs is 1. The monoisotopic (exact) mass is 490 g/mol. The van der Waals surface area contributed by atoms with E-state index in [0.29, 0.717) is 23.0 Å². The number of hydrogen-bond donors (Lipinski definition) is 0. The molecule has 0 saturated carbocycles. The van der Waals surface area contributed by atoms with Gasteiger partial charge < -0.3 is 9.30 Å². The molecule has 0 bridgehead atoms. The van der Waals surface area contributed by atoms with Gasteiger partial charge in [0.05, 0.1) is 25.7 Å². The van der Waals surface area contributed by atoms with Crippen molar-refractivity contribution in [2.45, 2.75) is 13.1 Å². The summed E-state index contributed by atoms with van der Waals surface area (Å²) in [6.45, 7) is 0.0849. The van der Waals surface area contributed by atoms with Gasteiger partial charge in [0.2, 0.25) is 0 Å². The summed E-state index contributed by atoms with van der Waals surface area (Å²) >= 11 is 6.19. The fourth-order valence-corrected chi connectivity index (χ4v) is 4.24. The Bertz CT molecular complexity index is 1670. The summed E-state index contributed by atoms with van der Waals surface area (Å²) in [5, 5.41) is 0.421. The van der Waals surface area contributed by atoms with Crippen molar-refractivity contribution in [1.82, 2.24) is 18.7 Å².